The standard InChI is InChI=1S/C20H22N4OS/c1-13(2)18-8-7-17(9-14(18)3)23-19(25)16-6-4-5-15(10-16)11-26-20-21-12-22-24-20/h4-10,12-13H,11H2,1-3H3,(H,23,25)(H,21,22,24). The molecule has 0 atom stereocenters. The lowest BCUT2D eigenvalue weighted by Crippen LogP contribution is -2.12. The van der Waals surface area contributed by atoms with Gasteiger partial charge in [0.15, 0.2) is 5.16 Å². The van der Waals surface area contributed by atoms with Crippen LogP contribution in [0.25, 0.3) is 0 Å². The molecule has 5 nitrogen and oxygen atoms in total. The van der Waals surface area contributed by atoms with E-state index in [4.69, 9.17) is 0 Å². The summed E-state index contributed by atoms with van der Waals surface area (Å²) in [7, 11) is 0. The van der Waals surface area contributed by atoms with Crippen LogP contribution in [0.4, 0.5) is 5.69 Å². The molecule has 0 radical (unpaired) electrons. The number of amides is 1. The van der Waals surface area contributed by atoms with E-state index in [0.29, 0.717) is 11.5 Å². The van der Waals surface area contributed by atoms with Crippen molar-refractivity contribution in [1.29, 1.82) is 0 Å². The average Bonchev–Trinajstić information content (AvgIpc) is 3.13. The van der Waals surface area contributed by atoms with E-state index in [1.807, 2.05) is 36.4 Å². The number of hydrogen-bond donors (Lipinski definition) is 2. The van der Waals surface area contributed by atoms with E-state index in [1.54, 1.807) is 11.8 Å². The Bertz CT molecular complexity index is 891. The molecule has 1 aromatic heterocycles. The molecule has 3 aromatic rings. The van der Waals surface area contributed by atoms with Gasteiger partial charge >= 0.3 is 0 Å². The largest absolute Gasteiger partial charge is 0.322 e. The maximum absolute atomic E-state index is 12.6. The first-order valence-electron chi connectivity index (χ1n) is 8.52. The number of anilines is 1. The van der Waals surface area contributed by atoms with Crippen molar-refractivity contribution in [3.05, 3.63) is 71.0 Å². The van der Waals surface area contributed by atoms with Gasteiger partial charge < -0.3 is 5.32 Å². The number of aryl methyl sites for hydroxylation is 1. The van der Waals surface area contributed by atoms with Crippen LogP contribution < -0.4 is 5.32 Å². The number of nitrogens with one attached hydrogen (secondary N) is 2. The third-order valence-electron chi connectivity index (χ3n) is 4.11. The molecule has 0 aliphatic carbocycles. The molecule has 1 heterocycles. The second-order valence-electron chi connectivity index (χ2n) is 6.46. The van der Waals surface area contributed by atoms with Crippen LogP contribution in [0.15, 0.2) is 53.9 Å². The summed E-state index contributed by atoms with van der Waals surface area (Å²) >= 11 is 1.55. The lowest BCUT2D eigenvalue weighted by molar-refractivity contribution is 0.102. The van der Waals surface area contributed by atoms with Crippen molar-refractivity contribution in [3.63, 3.8) is 0 Å². The monoisotopic (exact) mass is 366 g/mol. The van der Waals surface area contributed by atoms with Crippen molar-refractivity contribution in [2.24, 2.45) is 0 Å². The summed E-state index contributed by atoms with van der Waals surface area (Å²) in [5.74, 6) is 1.09. The van der Waals surface area contributed by atoms with Crippen LogP contribution in [-0.4, -0.2) is 21.1 Å². The normalized spacial score (nSPS) is 10.9. The lowest BCUT2D eigenvalue weighted by Gasteiger charge is -2.12. The molecule has 6 heteroatoms. The van der Waals surface area contributed by atoms with E-state index in [2.05, 4.69) is 47.3 Å². The molecule has 0 aliphatic rings. The van der Waals surface area contributed by atoms with Crippen molar-refractivity contribution in [2.45, 2.75) is 37.6 Å². The molecular weight excluding hydrogens is 344 g/mol. The van der Waals surface area contributed by atoms with Gasteiger partial charge in [-0.05, 0) is 53.8 Å². The average molecular weight is 366 g/mol. The SMILES string of the molecule is Cc1cc(NC(=O)c2cccc(CSc3ncn[nH]3)c2)ccc1C(C)C. The van der Waals surface area contributed by atoms with Crippen LogP contribution in [0.3, 0.4) is 0 Å². The van der Waals surface area contributed by atoms with Gasteiger partial charge in [0.2, 0.25) is 0 Å². The van der Waals surface area contributed by atoms with Crippen LogP contribution >= 0.6 is 11.8 Å². The maximum Gasteiger partial charge on any atom is 0.255 e. The summed E-state index contributed by atoms with van der Waals surface area (Å²) in [5, 5.41) is 10.4. The van der Waals surface area contributed by atoms with E-state index in [0.717, 1.165) is 22.2 Å². The second kappa shape index (κ2) is 8.19. The third-order valence-corrected chi connectivity index (χ3v) is 5.06. The van der Waals surface area contributed by atoms with E-state index in [-0.39, 0.29) is 5.91 Å². The van der Waals surface area contributed by atoms with Gasteiger partial charge in [-0.25, -0.2) is 4.98 Å². The van der Waals surface area contributed by atoms with Gasteiger partial charge in [0, 0.05) is 17.0 Å². The lowest BCUT2D eigenvalue weighted by atomic mass is 9.97. The predicted molar refractivity (Wildman–Crippen MR) is 106 cm³/mol. The summed E-state index contributed by atoms with van der Waals surface area (Å²) < 4.78 is 0. The second-order valence-corrected chi connectivity index (χ2v) is 7.42. The Labute approximate surface area is 157 Å². The number of H-pyrrole nitrogens is 1. The molecule has 26 heavy (non-hydrogen) atoms. The summed E-state index contributed by atoms with van der Waals surface area (Å²) in [4.78, 5) is 16.7. The van der Waals surface area contributed by atoms with Crippen LogP contribution in [0.5, 0.6) is 0 Å². The summed E-state index contributed by atoms with van der Waals surface area (Å²) in [6.07, 6.45) is 1.48. The Balaban J connectivity index is 1.68. The summed E-state index contributed by atoms with van der Waals surface area (Å²) in [6, 6.07) is 13.7. The van der Waals surface area contributed by atoms with E-state index < -0.39 is 0 Å². The summed E-state index contributed by atoms with van der Waals surface area (Å²) in [6.45, 7) is 6.41. The molecule has 0 saturated carbocycles. The Morgan fingerprint density at radius 1 is 1.23 bits per heavy atom. The molecule has 2 aromatic carbocycles. The zero-order chi connectivity index (χ0) is 18.5. The molecule has 0 aliphatic heterocycles. The number of benzene rings is 2. The maximum atomic E-state index is 12.6. The highest BCUT2D eigenvalue weighted by Crippen LogP contribution is 2.23. The number of thioether (sulfide) groups is 1. The molecule has 1 amide bonds. The minimum absolute atomic E-state index is 0.104. The number of carbonyl (C=O) groups excluding carboxylic acids is 1. The van der Waals surface area contributed by atoms with Crippen molar-refractivity contribution >= 4 is 23.4 Å². The summed E-state index contributed by atoms with van der Waals surface area (Å²) in [5.41, 5.74) is 5.01. The van der Waals surface area contributed by atoms with E-state index in [1.165, 1.54) is 17.5 Å². The van der Waals surface area contributed by atoms with E-state index in [9.17, 15) is 4.79 Å². The van der Waals surface area contributed by atoms with Gasteiger partial charge in [0.1, 0.15) is 6.33 Å². The van der Waals surface area contributed by atoms with E-state index >= 15 is 0 Å². The van der Waals surface area contributed by atoms with Crippen molar-refractivity contribution in [3.8, 4) is 0 Å². The molecule has 0 fully saturated rings. The molecule has 0 saturated heterocycles. The minimum Gasteiger partial charge on any atom is -0.322 e. The fraction of sp³-hybridized carbons (Fsp3) is 0.250. The fourth-order valence-electron chi connectivity index (χ4n) is 2.82. The molecule has 0 spiro atoms. The smallest absolute Gasteiger partial charge is 0.255 e. The topological polar surface area (TPSA) is 70.7 Å². The minimum atomic E-state index is -0.104. The number of aromatic nitrogens is 3. The number of nitrogens with zero attached hydrogens (tertiary/aromatic N) is 2. The molecule has 3 rings (SSSR count). The van der Waals surface area contributed by atoms with Gasteiger partial charge in [0.25, 0.3) is 5.91 Å². The number of rotatable bonds is 6. The molecule has 134 valence electrons. The van der Waals surface area contributed by atoms with Crippen LogP contribution in [0, 0.1) is 6.92 Å². The first kappa shape index (κ1) is 18.2. The van der Waals surface area contributed by atoms with Crippen molar-refractivity contribution in [1.82, 2.24) is 15.2 Å². The first-order chi connectivity index (χ1) is 12.5. The molecule has 2 N–H and O–H groups in total. The van der Waals surface area contributed by atoms with Crippen molar-refractivity contribution < 1.29 is 4.79 Å². The molecule has 0 bridgehead atoms. The highest BCUT2D eigenvalue weighted by molar-refractivity contribution is 7.98. The number of hydrogen-bond acceptors (Lipinski definition) is 4. The van der Waals surface area contributed by atoms with Crippen LogP contribution in [0.1, 0.15) is 46.8 Å². The zero-order valence-electron chi connectivity index (χ0n) is 15.1. The van der Waals surface area contributed by atoms with Crippen LogP contribution in [-0.2, 0) is 5.75 Å². The van der Waals surface area contributed by atoms with Gasteiger partial charge in [-0.2, -0.15) is 5.10 Å². The Morgan fingerprint density at radius 2 is 2.08 bits per heavy atom. The van der Waals surface area contributed by atoms with Gasteiger partial charge in [0.05, 0.1) is 0 Å². The Hall–Kier alpha value is -2.60. The quantitative estimate of drug-likeness (QED) is 0.616. The van der Waals surface area contributed by atoms with Gasteiger partial charge in [-0.15, -0.1) is 0 Å². The zero-order valence-corrected chi connectivity index (χ0v) is 15.9. The van der Waals surface area contributed by atoms with Gasteiger partial charge in [-0.1, -0.05) is 43.8 Å². The fourth-order valence-corrected chi connectivity index (χ4v) is 3.54. The third kappa shape index (κ3) is 4.52. The van der Waals surface area contributed by atoms with Gasteiger partial charge in [-0.3, -0.25) is 9.89 Å². The Morgan fingerprint density at radius 3 is 2.77 bits per heavy atom. The molecule has 0 unspecified atom stereocenters. The number of aromatic amines is 1. The number of carbonyl (C=O) groups is 1. The van der Waals surface area contributed by atoms with Crippen LogP contribution in [0.2, 0.25) is 0 Å². The first-order valence-corrected chi connectivity index (χ1v) is 9.50. The molecular formula is C20H22N4OS. The Kier molecular flexibility index (Phi) is 5.73. The van der Waals surface area contributed by atoms with Crippen molar-refractivity contribution in [2.75, 3.05) is 5.32 Å². The highest BCUT2D eigenvalue weighted by atomic mass is 32.2. The highest BCUT2D eigenvalue weighted by Gasteiger charge is 2.09. The predicted octanol–water partition coefficient (Wildman–Crippen LogP) is 4.78.